The molecule has 1 aliphatic carbocycles. The maximum atomic E-state index is 12.5. The third-order valence-corrected chi connectivity index (χ3v) is 4.25. The first-order valence-electron chi connectivity index (χ1n) is 6.81. The minimum absolute atomic E-state index is 0.0344. The first-order valence-corrected chi connectivity index (χ1v) is 7.18. The summed E-state index contributed by atoms with van der Waals surface area (Å²) >= 11 is 6.12. The molecule has 0 spiro atoms. The van der Waals surface area contributed by atoms with Gasteiger partial charge >= 0.3 is 0 Å². The van der Waals surface area contributed by atoms with Crippen LogP contribution in [0.1, 0.15) is 37.7 Å². The van der Waals surface area contributed by atoms with Gasteiger partial charge in [-0.15, -0.1) is 0 Å². The summed E-state index contributed by atoms with van der Waals surface area (Å²) in [6.45, 7) is 0.511. The molecule has 104 valence electrons. The molecule has 0 aliphatic heterocycles. The fourth-order valence-electron chi connectivity index (χ4n) is 2.73. The number of halogens is 1. The maximum Gasteiger partial charge on any atom is 0.242 e. The van der Waals surface area contributed by atoms with E-state index >= 15 is 0 Å². The highest BCUT2D eigenvalue weighted by atomic mass is 35.5. The molecule has 1 aromatic carbocycles. The van der Waals surface area contributed by atoms with Gasteiger partial charge in [0.1, 0.15) is 0 Å². The van der Waals surface area contributed by atoms with Crippen LogP contribution in [0.25, 0.3) is 0 Å². The van der Waals surface area contributed by atoms with Crippen molar-refractivity contribution in [2.24, 2.45) is 5.73 Å². The van der Waals surface area contributed by atoms with Crippen LogP contribution in [-0.2, 0) is 11.3 Å². The van der Waals surface area contributed by atoms with E-state index in [1.54, 1.807) is 11.9 Å². The Bertz CT molecular complexity index is 455. The van der Waals surface area contributed by atoms with Crippen molar-refractivity contribution in [3.05, 3.63) is 34.9 Å². The van der Waals surface area contributed by atoms with E-state index in [1.165, 1.54) is 6.42 Å². The highest BCUT2D eigenvalue weighted by Crippen LogP contribution is 2.28. The zero-order valence-electron chi connectivity index (χ0n) is 11.4. The van der Waals surface area contributed by atoms with Gasteiger partial charge < -0.3 is 10.6 Å². The van der Waals surface area contributed by atoms with Crippen LogP contribution >= 0.6 is 11.6 Å². The maximum absolute atomic E-state index is 12.5. The van der Waals surface area contributed by atoms with E-state index in [2.05, 4.69) is 0 Å². The molecule has 0 saturated heterocycles. The Kier molecular flexibility index (Phi) is 4.48. The van der Waals surface area contributed by atoms with Crippen molar-refractivity contribution >= 4 is 17.5 Å². The van der Waals surface area contributed by atoms with Crippen LogP contribution in [0.3, 0.4) is 0 Å². The molecule has 4 heteroatoms. The number of amides is 1. The molecule has 2 rings (SSSR count). The highest BCUT2D eigenvalue weighted by molar-refractivity contribution is 6.31. The van der Waals surface area contributed by atoms with E-state index in [4.69, 9.17) is 17.3 Å². The smallest absolute Gasteiger partial charge is 0.242 e. The Labute approximate surface area is 119 Å². The topological polar surface area (TPSA) is 46.3 Å². The van der Waals surface area contributed by atoms with Crippen molar-refractivity contribution < 1.29 is 4.79 Å². The van der Waals surface area contributed by atoms with Gasteiger partial charge in [0.2, 0.25) is 5.91 Å². The van der Waals surface area contributed by atoms with Crippen LogP contribution in [0, 0.1) is 0 Å². The molecule has 0 unspecified atom stereocenters. The first-order chi connectivity index (χ1) is 9.03. The van der Waals surface area contributed by atoms with Gasteiger partial charge in [-0.3, -0.25) is 4.79 Å². The lowest BCUT2D eigenvalue weighted by Gasteiger charge is -2.35. The first kappa shape index (κ1) is 14.4. The number of likely N-dealkylation sites (N-methyl/N-ethyl adjacent to an activating group) is 1. The number of carbonyl (C=O) groups excluding carboxylic acids is 1. The van der Waals surface area contributed by atoms with Gasteiger partial charge in [0.05, 0.1) is 5.54 Å². The number of benzene rings is 1. The summed E-state index contributed by atoms with van der Waals surface area (Å²) in [6.07, 6.45) is 4.85. The van der Waals surface area contributed by atoms with E-state index in [-0.39, 0.29) is 5.91 Å². The van der Waals surface area contributed by atoms with Gasteiger partial charge in [0.15, 0.2) is 0 Å². The molecular weight excluding hydrogens is 260 g/mol. The molecule has 0 atom stereocenters. The minimum atomic E-state index is -0.672. The van der Waals surface area contributed by atoms with Crippen LogP contribution in [0.2, 0.25) is 5.02 Å². The Morgan fingerprint density at radius 1 is 1.32 bits per heavy atom. The SMILES string of the molecule is CN(Cc1ccccc1Cl)C(=O)C1(N)CCCCC1. The van der Waals surface area contributed by atoms with E-state index in [0.29, 0.717) is 11.6 Å². The van der Waals surface area contributed by atoms with Gasteiger partial charge in [-0.2, -0.15) is 0 Å². The summed E-state index contributed by atoms with van der Waals surface area (Å²) in [5.41, 5.74) is 6.56. The van der Waals surface area contributed by atoms with Crippen LogP contribution < -0.4 is 5.73 Å². The van der Waals surface area contributed by atoms with Gasteiger partial charge in [-0.25, -0.2) is 0 Å². The highest BCUT2D eigenvalue weighted by Gasteiger charge is 2.37. The normalized spacial score (nSPS) is 18.1. The lowest BCUT2D eigenvalue weighted by Crippen LogP contribution is -2.55. The van der Waals surface area contributed by atoms with Gasteiger partial charge in [0.25, 0.3) is 0 Å². The number of nitrogens with two attached hydrogens (primary N) is 1. The zero-order chi connectivity index (χ0) is 13.9. The second kappa shape index (κ2) is 5.93. The summed E-state index contributed by atoms with van der Waals surface area (Å²) in [5.74, 6) is 0.0344. The minimum Gasteiger partial charge on any atom is -0.340 e. The van der Waals surface area contributed by atoms with Crippen LogP contribution in [0.15, 0.2) is 24.3 Å². The molecule has 0 bridgehead atoms. The summed E-state index contributed by atoms with van der Waals surface area (Å²) in [5, 5.41) is 0.692. The number of hydrogen-bond donors (Lipinski definition) is 1. The predicted molar refractivity (Wildman–Crippen MR) is 77.9 cm³/mol. The standard InChI is InChI=1S/C15H21ClN2O/c1-18(11-12-7-3-4-8-13(12)16)14(19)15(17)9-5-2-6-10-15/h3-4,7-8H,2,5-6,9-11,17H2,1H3. The second-order valence-corrected chi connectivity index (χ2v) is 5.88. The largest absolute Gasteiger partial charge is 0.340 e. The molecular formula is C15H21ClN2O. The van der Waals surface area contributed by atoms with Crippen molar-refractivity contribution in [3.8, 4) is 0 Å². The fourth-order valence-corrected chi connectivity index (χ4v) is 2.93. The van der Waals surface area contributed by atoms with Crippen molar-refractivity contribution in [2.75, 3.05) is 7.05 Å². The average Bonchev–Trinajstić information content (AvgIpc) is 2.41. The van der Waals surface area contributed by atoms with Gasteiger partial charge in [-0.05, 0) is 24.5 Å². The third-order valence-electron chi connectivity index (χ3n) is 3.88. The molecule has 0 aromatic heterocycles. The molecule has 1 aliphatic rings. The van der Waals surface area contributed by atoms with E-state index in [0.717, 1.165) is 31.2 Å². The molecule has 1 saturated carbocycles. The Morgan fingerprint density at radius 2 is 1.95 bits per heavy atom. The second-order valence-electron chi connectivity index (χ2n) is 5.47. The van der Waals surface area contributed by atoms with E-state index < -0.39 is 5.54 Å². The fraction of sp³-hybridized carbons (Fsp3) is 0.533. The third kappa shape index (κ3) is 3.28. The molecule has 1 aromatic rings. The number of nitrogens with zero attached hydrogens (tertiary/aromatic N) is 1. The zero-order valence-corrected chi connectivity index (χ0v) is 12.1. The Balaban J connectivity index is 2.05. The Hall–Kier alpha value is -1.06. The molecule has 0 radical (unpaired) electrons. The quantitative estimate of drug-likeness (QED) is 0.925. The van der Waals surface area contributed by atoms with Gasteiger partial charge in [-0.1, -0.05) is 49.1 Å². The summed E-state index contributed by atoms with van der Waals surface area (Å²) in [6, 6.07) is 7.60. The molecule has 2 N–H and O–H groups in total. The van der Waals surface area contributed by atoms with E-state index in [1.807, 2.05) is 24.3 Å². The molecule has 1 fully saturated rings. The van der Waals surface area contributed by atoms with Crippen molar-refractivity contribution in [2.45, 2.75) is 44.2 Å². The molecule has 19 heavy (non-hydrogen) atoms. The molecule has 1 amide bonds. The Morgan fingerprint density at radius 3 is 2.58 bits per heavy atom. The lowest BCUT2D eigenvalue weighted by molar-refractivity contribution is -0.137. The van der Waals surface area contributed by atoms with Gasteiger partial charge in [0, 0.05) is 18.6 Å². The summed E-state index contributed by atoms with van der Waals surface area (Å²) < 4.78 is 0. The van der Waals surface area contributed by atoms with Crippen molar-refractivity contribution in [1.82, 2.24) is 4.90 Å². The molecule has 0 heterocycles. The number of hydrogen-bond acceptors (Lipinski definition) is 2. The number of carbonyl (C=O) groups is 1. The van der Waals surface area contributed by atoms with Crippen LogP contribution in [-0.4, -0.2) is 23.4 Å². The van der Waals surface area contributed by atoms with Crippen LogP contribution in [0.4, 0.5) is 0 Å². The van der Waals surface area contributed by atoms with E-state index in [9.17, 15) is 4.79 Å². The summed E-state index contributed by atoms with van der Waals surface area (Å²) in [4.78, 5) is 14.2. The van der Waals surface area contributed by atoms with Crippen molar-refractivity contribution in [3.63, 3.8) is 0 Å². The average molecular weight is 281 g/mol. The lowest BCUT2D eigenvalue weighted by atomic mass is 9.81. The monoisotopic (exact) mass is 280 g/mol. The van der Waals surface area contributed by atoms with Crippen molar-refractivity contribution in [1.29, 1.82) is 0 Å². The summed E-state index contributed by atoms with van der Waals surface area (Å²) in [7, 11) is 1.80. The predicted octanol–water partition coefficient (Wildman–Crippen LogP) is 2.96. The number of rotatable bonds is 3. The van der Waals surface area contributed by atoms with Crippen LogP contribution in [0.5, 0.6) is 0 Å². The molecule has 3 nitrogen and oxygen atoms in total.